The fourth-order valence-electron chi connectivity index (χ4n) is 3.35. The number of nitrogens with zero attached hydrogens (tertiary/aromatic N) is 6. The smallest absolute Gasteiger partial charge is 0.275 e. The summed E-state index contributed by atoms with van der Waals surface area (Å²) in [6.45, 7) is 0. The van der Waals surface area contributed by atoms with E-state index in [1.54, 1.807) is 36.7 Å². The first-order valence-electron chi connectivity index (χ1n) is 10.1. The number of aromatic hydroxyl groups is 1. The Balaban J connectivity index is 1.39. The SMILES string of the molecule is O=C(CSc1nnc(-c2ccncc2)n1-c1ccc(Cl)cc1)N=Nc1c(O)[nH]c2ccccc12. The van der Waals surface area contributed by atoms with Crippen molar-refractivity contribution in [2.45, 2.75) is 5.16 Å². The number of para-hydroxylation sites is 1. The van der Waals surface area contributed by atoms with Gasteiger partial charge >= 0.3 is 0 Å². The molecule has 2 N–H and O–H groups in total. The largest absolute Gasteiger partial charge is 0.493 e. The Morgan fingerprint density at radius 3 is 2.62 bits per heavy atom. The summed E-state index contributed by atoms with van der Waals surface area (Å²) in [5, 5.41) is 28.2. The minimum atomic E-state index is -0.481. The number of hydrogen-bond acceptors (Lipinski definition) is 7. The number of amides is 1. The number of carbonyl (C=O) groups is 1. The van der Waals surface area contributed by atoms with Crippen molar-refractivity contribution in [2.75, 3.05) is 5.75 Å². The van der Waals surface area contributed by atoms with Crippen LogP contribution in [0.4, 0.5) is 5.69 Å². The average Bonchev–Trinajstić information content (AvgIpc) is 3.42. The second-order valence-corrected chi connectivity index (χ2v) is 8.48. The maximum absolute atomic E-state index is 12.5. The molecule has 34 heavy (non-hydrogen) atoms. The molecule has 0 saturated heterocycles. The van der Waals surface area contributed by atoms with Crippen molar-refractivity contribution in [1.82, 2.24) is 24.7 Å². The molecule has 0 bridgehead atoms. The van der Waals surface area contributed by atoms with Gasteiger partial charge in [-0.2, -0.15) is 0 Å². The van der Waals surface area contributed by atoms with Crippen molar-refractivity contribution < 1.29 is 9.90 Å². The lowest BCUT2D eigenvalue weighted by Gasteiger charge is -2.10. The summed E-state index contributed by atoms with van der Waals surface area (Å²) in [7, 11) is 0. The normalized spacial score (nSPS) is 11.4. The number of carbonyl (C=O) groups excluding carboxylic acids is 1. The van der Waals surface area contributed by atoms with Gasteiger partial charge in [0.1, 0.15) is 0 Å². The Bertz CT molecular complexity index is 1500. The molecule has 3 heterocycles. The van der Waals surface area contributed by atoms with E-state index in [0.717, 1.165) is 11.3 Å². The standard InChI is InChI=1S/C23H16ClN7O2S/c24-15-5-7-16(8-6-15)31-21(14-9-11-25-12-10-14)29-30-23(31)34-13-19(32)27-28-20-17-3-1-2-4-18(17)26-22(20)33/h1-12,26,33H,13H2. The van der Waals surface area contributed by atoms with Gasteiger partial charge in [0, 0.05) is 34.1 Å². The first-order chi connectivity index (χ1) is 16.6. The molecule has 3 aromatic heterocycles. The molecule has 0 fully saturated rings. The number of nitrogens with one attached hydrogen (secondary N) is 1. The van der Waals surface area contributed by atoms with Gasteiger partial charge in [0.25, 0.3) is 5.91 Å². The van der Waals surface area contributed by atoms with E-state index >= 15 is 0 Å². The minimum Gasteiger partial charge on any atom is -0.493 e. The molecule has 11 heteroatoms. The molecule has 0 aliphatic heterocycles. The summed E-state index contributed by atoms with van der Waals surface area (Å²) >= 11 is 7.24. The van der Waals surface area contributed by atoms with Gasteiger partial charge in [0.2, 0.25) is 5.88 Å². The molecular weight excluding hydrogens is 474 g/mol. The van der Waals surface area contributed by atoms with Gasteiger partial charge in [0.15, 0.2) is 16.7 Å². The minimum absolute atomic E-state index is 0.0192. The first-order valence-corrected chi connectivity index (χ1v) is 11.5. The van der Waals surface area contributed by atoms with Crippen LogP contribution >= 0.6 is 23.4 Å². The topological polar surface area (TPSA) is 121 Å². The monoisotopic (exact) mass is 489 g/mol. The lowest BCUT2D eigenvalue weighted by molar-refractivity contribution is -0.115. The molecule has 2 aromatic carbocycles. The fourth-order valence-corrected chi connectivity index (χ4v) is 4.21. The van der Waals surface area contributed by atoms with Gasteiger partial charge in [0.05, 0.1) is 11.3 Å². The van der Waals surface area contributed by atoms with Crippen molar-refractivity contribution in [1.29, 1.82) is 0 Å². The number of hydrogen-bond donors (Lipinski definition) is 2. The van der Waals surface area contributed by atoms with Crippen LogP contribution in [-0.2, 0) is 4.79 Å². The Hall–Kier alpha value is -4.02. The van der Waals surface area contributed by atoms with Gasteiger partial charge < -0.3 is 10.1 Å². The van der Waals surface area contributed by atoms with E-state index in [4.69, 9.17) is 11.6 Å². The van der Waals surface area contributed by atoms with E-state index in [1.165, 1.54) is 11.8 Å². The number of aromatic nitrogens is 5. The molecule has 5 rings (SSSR count). The molecule has 0 unspecified atom stereocenters. The summed E-state index contributed by atoms with van der Waals surface area (Å²) in [5.41, 5.74) is 2.54. The van der Waals surface area contributed by atoms with Crippen molar-refractivity contribution in [2.24, 2.45) is 10.2 Å². The summed E-state index contributed by atoms with van der Waals surface area (Å²) in [6.07, 6.45) is 3.35. The maximum atomic E-state index is 12.5. The highest BCUT2D eigenvalue weighted by Crippen LogP contribution is 2.35. The zero-order valence-electron chi connectivity index (χ0n) is 17.5. The highest BCUT2D eigenvalue weighted by Gasteiger charge is 2.18. The van der Waals surface area contributed by atoms with E-state index in [0.29, 0.717) is 26.9 Å². The number of fused-ring (bicyclic) bond motifs is 1. The number of azo groups is 1. The summed E-state index contributed by atoms with van der Waals surface area (Å²) in [5.74, 6) is -0.0417. The lowest BCUT2D eigenvalue weighted by Crippen LogP contribution is -2.02. The number of benzene rings is 2. The number of thioether (sulfide) groups is 1. The van der Waals surface area contributed by atoms with Crippen LogP contribution in [0, 0.1) is 0 Å². The van der Waals surface area contributed by atoms with Crippen molar-refractivity contribution in [3.8, 4) is 23.0 Å². The van der Waals surface area contributed by atoms with Crippen LogP contribution in [0.5, 0.6) is 5.88 Å². The van der Waals surface area contributed by atoms with E-state index in [9.17, 15) is 9.90 Å². The molecule has 1 amide bonds. The van der Waals surface area contributed by atoms with Crippen molar-refractivity contribution >= 4 is 45.9 Å². The molecule has 0 radical (unpaired) electrons. The van der Waals surface area contributed by atoms with Crippen LogP contribution in [-0.4, -0.2) is 41.5 Å². The molecule has 0 aliphatic carbocycles. The maximum Gasteiger partial charge on any atom is 0.275 e. The molecule has 0 atom stereocenters. The van der Waals surface area contributed by atoms with Crippen LogP contribution < -0.4 is 0 Å². The molecule has 168 valence electrons. The van der Waals surface area contributed by atoms with Crippen LogP contribution in [0.25, 0.3) is 28.0 Å². The van der Waals surface area contributed by atoms with E-state index < -0.39 is 5.91 Å². The molecule has 0 spiro atoms. The van der Waals surface area contributed by atoms with Gasteiger partial charge in [-0.25, -0.2) is 0 Å². The van der Waals surface area contributed by atoms with E-state index in [1.807, 2.05) is 41.0 Å². The number of aromatic amines is 1. The third kappa shape index (κ3) is 4.41. The number of rotatable bonds is 6. The highest BCUT2D eigenvalue weighted by molar-refractivity contribution is 7.99. The van der Waals surface area contributed by atoms with Crippen molar-refractivity contribution in [3.63, 3.8) is 0 Å². The highest BCUT2D eigenvalue weighted by atomic mass is 35.5. The second-order valence-electron chi connectivity index (χ2n) is 7.10. The lowest BCUT2D eigenvalue weighted by atomic mass is 10.2. The predicted octanol–water partition coefficient (Wildman–Crippen LogP) is 5.57. The molecule has 0 aliphatic rings. The molecule has 5 aromatic rings. The third-order valence-electron chi connectivity index (χ3n) is 4.90. The Morgan fingerprint density at radius 1 is 1.06 bits per heavy atom. The van der Waals surface area contributed by atoms with Crippen molar-refractivity contribution in [3.05, 3.63) is 78.1 Å². The van der Waals surface area contributed by atoms with Gasteiger partial charge in [-0.1, -0.05) is 41.6 Å². The molecule has 9 nitrogen and oxygen atoms in total. The van der Waals surface area contributed by atoms with Gasteiger partial charge in [-0.05, 0) is 42.5 Å². The van der Waals surface area contributed by atoms with Crippen LogP contribution in [0.2, 0.25) is 5.02 Å². The Labute approximate surface area is 202 Å². The second kappa shape index (κ2) is 9.46. The van der Waals surface area contributed by atoms with Gasteiger partial charge in [-0.3, -0.25) is 14.3 Å². The molecular formula is C23H16ClN7O2S. The summed E-state index contributed by atoms with van der Waals surface area (Å²) in [4.78, 5) is 19.3. The first kappa shape index (κ1) is 21.8. The van der Waals surface area contributed by atoms with Crippen LogP contribution in [0.15, 0.2) is 88.4 Å². The fraction of sp³-hybridized carbons (Fsp3) is 0.0435. The van der Waals surface area contributed by atoms with Crippen LogP contribution in [0.1, 0.15) is 0 Å². The number of H-pyrrole nitrogens is 1. The zero-order valence-corrected chi connectivity index (χ0v) is 19.0. The third-order valence-corrected chi connectivity index (χ3v) is 6.07. The number of pyridine rings is 1. The zero-order chi connectivity index (χ0) is 23.5. The summed E-state index contributed by atoms with van der Waals surface area (Å²) in [6, 6.07) is 18.1. The predicted molar refractivity (Wildman–Crippen MR) is 130 cm³/mol. The van der Waals surface area contributed by atoms with E-state index in [2.05, 4.69) is 30.4 Å². The van der Waals surface area contributed by atoms with Crippen LogP contribution in [0.3, 0.4) is 0 Å². The quantitative estimate of drug-likeness (QED) is 0.237. The Morgan fingerprint density at radius 2 is 1.82 bits per heavy atom. The van der Waals surface area contributed by atoms with Gasteiger partial charge in [-0.15, -0.1) is 20.4 Å². The van der Waals surface area contributed by atoms with E-state index in [-0.39, 0.29) is 17.3 Å². The summed E-state index contributed by atoms with van der Waals surface area (Å²) < 4.78 is 1.84. The molecule has 0 saturated carbocycles. The average molecular weight is 490 g/mol. The number of halogens is 1. The Kier molecular flexibility index (Phi) is 6.07.